The van der Waals surface area contributed by atoms with Crippen molar-refractivity contribution in [2.45, 2.75) is 44.0 Å². The molecule has 0 saturated carbocycles. The first kappa shape index (κ1) is 35.1. The Kier molecular flexibility index (Phi) is 11.2. The fourth-order valence-corrected chi connectivity index (χ4v) is 4.74. The average Bonchev–Trinajstić information content (AvgIpc) is 2.99. The Morgan fingerprint density at radius 3 is 2.37 bits per heavy atom. The van der Waals surface area contributed by atoms with Crippen molar-refractivity contribution in [1.82, 2.24) is 10.3 Å². The van der Waals surface area contributed by atoms with E-state index in [2.05, 4.69) is 15.5 Å². The van der Waals surface area contributed by atoms with Crippen molar-refractivity contribution in [2.75, 3.05) is 11.9 Å². The number of halogens is 3. The Bertz CT molecular complexity index is 1780. The Labute approximate surface area is 262 Å². The number of nitriles is 1. The number of ether oxygens (including phenoxy) is 3. The summed E-state index contributed by atoms with van der Waals surface area (Å²) >= 11 is 0. The van der Waals surface area contributed by atoms with Crippen LogP contribution in [0.2, 0.25) is 0 Å². The Morgan fingerprint density at radius 1 is 1.04 bits per heavy atom. The summed E-state index contributed by atoms with van der Waals surface area (Å²) in [5.41, 5.74) is 7.35. The quantitative estimate of drug-likeness (QED) is 0.0590. The summed E-state index contributed by atoms with van der Waals surface area (Å²) in [4.78, 5) is 26.7. The van der Waals surface area contributed by atoms with E-state index in [0.29, 0.717) is 5.75 Å². The number of nitrogens with one attached hydrogen (secondary N) is 4. The monoisotopic (exact) mass is 662 g/mol. The maximum absolute atomic E-state index is 13.5. The highest BCUT2D eigenvalue weighted by molar-refractivity contribution is 7.89. The van der Waals surface area contributed by atoms with E-state index in [4.69, 9.17) is 25.9 Å². The molecule has 1 unspecified atom stereocenters. The fraction of sp³-hybridized carbons (Fsp3) is 0.241. The number of alkyl halides is 3. The highest BCUT2D eigenvalue weighted by atomic mass is 32.2. The number of nitrogens with zero attached hydrogens (tertiary/aromatic N) is 1. The third kappa shape index (κ3) is 9.09. The fourth-order valence-electron chi connectivity index (χ4n) is 3.85. The van der Waals surface area contributed by atoms with Crippen molar-refractivity contribution in [3.8, 4) is 23.3 Å². The van der Waals surface area contributed by atoms with Gasteiger partial charge in [0, 0.05) is 11.8 Å². The molecule has 3 aromatic carbocycles. The molecular formula is C29H29F3N6O7S. The second-order valence-corrected chi connectivity index (χ2v) is 11.3. The van der Waals surface area contributed by atoms with E-state index in [1.165, 1.54) is 42.5 Å². The molecule has 0 saturated heterocycles. The van der Waals surface area contributed by atoms with Crippen LogP contribution >= 0.6 is 0 Å². The molecule has 0 aliphatic heterocycles. The molecule has 0 fully saturated rings. The molecule has 3 rings (SSSR count). The molecule has 0 bridgehead atoms. The lowest BCUT2D eigenvalue weighted by atomic mass is 10.0. The van der Waals surface area contributed by atoms with Crippen molar-refractivity contribution in [2.24, 2.45) is 5.73 Å². The van der Waals surface area contributed by atoms with Crippen molar-refractivity contribution < 1.29 is 45.4 Å². The number of rotatable bonds is 13. The predicted octanol–water partition coefficient (Wildman–Crippen LogP) is 3.66. The van der Waals surface area contributed by atoms with Crippen LogP contribution in [0.5, 0.6) is 17.2 Å². The van der Waals surface area contributed by atoms with Gasteiger partial charge in [0.05, 0.1) is 34.8 Å². The van der Waals surface area contributed by atoms with Gasteiger partial charge >= 0.3 is 12.1 Å². The highest BCUT2D eigenvalue weighted by Gasteiger charge is 2.42. The summed E-state index contributed by atoms with van der Waals surface area (Å²) in [5.74, 6) is -4.43. The molecule has 17 heteroatoms. The summed E-state index contributed by atoms with van der Waals surface area (Å²) in [5, 5.41) is 19.5. The van der Waals surface area contributed by atoms with Crippen LogP contribution < -0.4 is 35.5 Å². The number of hydrazine groups is 1. The van der Waals surface area contributed by atoms with Crippen LogP contribution in [0.3, 0.4) is 0 Å². The third-order valence-electron chi connectivity index (χ3n) is 5.82. The summed E-state index contributed by atoms with van der Waals surface area (Å²) in [6.07, 6.45) is -5.60. The second kappa shape index (κ2) is 14.6. The molecule has 46 heavy (non-hydrogen) atoms. The van der Waals surface area contributed by atoms with Gasteiger partial charge in [-0.2, -0.15) is 18.4 Å². The topological polar surface area (TPSA) is 206 Å². The molecule has 0 spiro atoms. The van der Waals surface area contributed by atoms with Crippen LogP contribution in [0.4, 0.5) is 18.9 Å². The van der Waals surface area contributed by atoms with Crippen LogP contribution in [0.25, 0.3) is 0 Å². The average molecular weight is 663 g/mol. The molecule has 244 valence electrons. The molecule has 0 heterocycles. The van der Waals surface area contributed by atoms with E-state index in [1.54, 1.807) is 20.8 Å². The lowest BCUT2D eigenvalue weighted by Crippen LogP contribution is -2.45. The van der Waals surface area contributed by atoms with Gasteiger partial charge in [0.15, 0.2) is 11.5 Å². The van der Waals surface area contributed by atoms with Gasteiger partial charge in [-0.1, -0.05) is 12.1 Å². The minimum absolute atomic E-state index is 0.0527. The Hall–Kier alpha value is -5.34. The molecule has 0 aliphatic rings. The number of esters is 1. The van der Waals surface area contributed by atoms with Gasteiger partial charge in [-0.05, 0) is 68.8 Å². The number of amidine groups is 1. The van der Waals surface area contributed by atoms with E-state index >= 15 is 0 Å². The standard InChI is InChI=1S/C29H29F3N6O7S/c1-4-43-24-13-18(8-11-22(24)44-16(2)3)25(27(39)37-38-46(41,42)20-7-5-6-17(12-20)15-33)36-19-9-10-21(26(34)35)23(14-19)45-28(40)29(30,31)32/h5-14,16,25,36,38H,4H2,1-3H3,(H3,34,35)(H,37,39). The lowest BCUT2D eigenvalue weighted by Gasteiger charge is -2.23. The molecule has 0 radical (unpaired) electrons. The van der Waals surface area contributed by atoms with E-state index in [-0.39, 0.29) is 45.7 Å². The van der Waals surface area contributed by atoms with Gasteiger partial charge in [0.1, 0.15) is 17.6 Å². The number of carbonyl (C=O) groups excluding carboxylic acids is 2. The zero-order chi connectivity index (χ0) is 34.2. The van der Waals surface area contributed by atoms with E-state index in [0.717, 1.165) is 18.2 Å². The van der Waals surface area contributed by atoms with Crippen LogP contribution in [0.1, 0.15) is 43.5 Å². The van der Waals surface area contributed by atoms with Crippen molar-refractivity contribution >= 4 is 33.4 Å². The number of sulfonamides is 1. The van der Waals surface area contributed by atoms with Crippen molar-refractivity contribution in [1.29, 1.82) is 10.7 Å². The molecule has 1 amide bonds. The molecule has 3 aromatic rings. The smallest absolute Gasteiger partial charge is 0.490 e. The van der Waals surface area contributed by atoms with Crippen LogP contribution in [-0.4, -0.2) is 45.0 Å². The Morgan fingerprint density at radius 2 is 1.76 bits per heavy atom. The predicted molar refractivity (Wildman–Crippen MR) is 159 cm³/mol. The maximum atomic E-state index is 13.5. The SMILES string of the molecule is CCOc1cc(C(Nc2ccc(C(=N)N)c(OC(=O)C(F)(F)F)c2)C(=O)NNS(=O)(=O)c2cccc(C#N)c2)ccc1OC(C)C. The number of carbonyl (C=O) groups is 2. The highest BCUT2D eigenvalue weighted by Crippen LogP contribution is 2.34. The maximum Gasteiger partial charge on any atom is 0.491 e. The third-order valence-corrected chi connectivity index (χ3v) is 7.07. The van der Waals surface area contributed by atoms with Gasteiger partial charge in [0.2, 0.25) is 0 Å². The molecule has 0 aliphatic carbocycles. The van der Waals surface area contributed by atoms with E-state index < -0.39 is 45.7 Å². The zero-order valence-electron chi connectivity index (χ0n) is 24.6. The normalized spacial score (nSPS) is 12.0. The summed E-state index contributed by atoms with van der Waals surface area (Å²) in [6, 6.07) is 13.0. The first-order valence-corrected chi connectivity index (χ1v) is 14.8. The van der Waals surface area contributed by atoms with Gasteiger partial charge in [-0.15, -0.1) is 4.83 Å². The van der Waals surface area contributed by atoms with Crippen LogP contribution in [0.15, 0.2) is 65.6 Å². The van der Waals surface area contributed by atoms with E-state index in [1.807, 2.05) is 10.9 Å². The largest absolute Gasteiger partial charge is 0.491 e. The van der Waals surface area contributed by atoms with Gasteiger partial charge in [0.25, 0.3) is 15.9 Å². The summed E-state index contributed by atoms with van der Waals surface area (Å²) in [6.45, 7) is 5.50. The number of hydrogen-bond donors (Lipinski definition) is 5. The number of amides is 1. The summed E-state index contributed by atoms with van der Waals surface area (Å²) in [7, 11) is -4.37. The molecular weight excluding hydrogens is 633 g/mol. The number of hydrogen-bond acceptors (Lipinski definition) is 10. The number of anilines is 1. The Balaban J connectivity index is 2.04. The minimum atomic E-state index is -5.36. The lowest BCUT2D eigenvalue weighted by molar-refractivity contribution is -0.189. The molecule has 1 atom stereocenters. The molecule has 0 aromatic heterocycles. The van der Waals surface area contributed by atoms with Crippen molar-refractivity contribution in [3.05, 3.63) is 77.4 Å². The van der Waals surface area contributed by atoms with Gasteiger partial charge in [-0.3, -0.25) is 15.6 Å². The molecule has 13 nitrogen and oxygen atoms in total. The van der Waals surface area contributed by atoms with E-state index in [9.17, 15) is 31.2 Å². The van der Waals surface area contributed by atoms with Gasteiger partial charge < -0.3 is 25.3 Å². The number of benzene rings is 3. The summed E-state index contributed by atoms with van der Waals surface area (Å²) < 4.78 is 80.4. The minimum Gasteiger partial charge on any atom is -0.490 e. The van der Waals surface area contributed by atoms with Crippen molar-refractivity contribution in [3.63, 3.8) is 0 Å². The van der Waals surface area contributed by atoms with Crippen LogP contribution in [-0.2, 0) is 19.6 Å². The van der Waals surface area contributed by atoms with Crippen LogP contribution in [0, 0.1) is 16.7 Å². The first-order chi connectivity index (χ1) is 21.5. The number of nitrogens with two attached hydrogens (primary N) is 1. The first-order valence-electron chi connectivity index (χ1n) is 13.3. The molecule has 6 N–H and O–H groups in total. The number of nitrogen functional groups attached to an aromatic ring is 1. The zero-order valence-corrected chi connectivity index (χ0v) is 25.4. The second-order valence-electron chi connectivity index (χ2n) is 9.63. The van der Waals surface area contributed by atoms with Gasteiger partial charge in [-0.25, -0.2) is 13.2 Å².